The van der Waals surface area contributed by atoms with E-state index in [1.807, 2.05) is 30.3 Å². The Morgan fingerprint density at radius 1 is 1.12 bits per heavy atom. The van der Waals surface area contributed by atoms with Gasteiger partial charge in [-0.05, 0) is 31.2 Å². The molecular formula is C18H16FN3O2S. The number of hydrogen-bond donors (Lipinski definition) is 0. The van der Waals surface area contributed by atoms with Crippen molar-refractivity contribution >= 4 is 17.7 Å². The van der Waals surface area contributed by atoms with Crippen LogP contribution in [0.3, 0.4) is 0 Å². The van der Waals surface area contributed by atoms with Crippen LogP contribution >= 0.6 is 11.8 Å². The maximum Gasteiger partial charge on any atom is 0.318 e. The fourth-order valence-corrected chi connectivity index (χ4v) is 3.24. The molecule has 5 nitrogen and oxygen atoms in total. The maximum atomic E-state index is 14.3. The lowest BCUT2D eigenvalue weighted by molar-refractivity contribution is -0.139. The number of thioether (sulfide) groups is 1. The minimum Gasteiger partial charge on any atom is -0.468 e. The smallest absolute Gasteiger partial charge is 0.318 e. The van der Waals surface area contributed by atoms with Crippen LogP contribution in [-0.2, 0) is 9.53 Å². The molecule has 0 spiro atoms. The number of carbonyl (C=O) groups excluding carboxylic acids is 1. The molecule has 0 bridgehead atoms. The van der Waals surface area contributed by atoms with E-state index in [0.29, 0.717) is 16.5 Å². The molecule has 1 heterocycles. The molecular weight excluding hydrogens is 341 g/mol. The van der Waals surface area contributed by atoms with Gasteiger partial charge in [-0.3, -0.25) is 9.36 Å². The molecule has 3 rings (SSSR count). The molecule has 0 N–H and O–H groups in total. The highest BCUT2D eigenvalue weighted by Crippen LogP contribution is 2.31. The molecule has 3 aromatic rings. The van der Waals surface area contributed by atoms with Gasteiger partial charge in [-0.25, -0.2) is 4.39 Å². The summed E-state index contributed by atoms with van der Waals surface area (Å²) in [4.78, 5) is 11.7. The van der Waals surface area contributed by atoms with E-state index >= 15 is 0 Å². The Bertz CT molecular complexity index is 883. The van der Waals surface area contributed by atoms with Gasteiger partial charge < -0.3 is 4.74 Å². The van der Waals surface area contributed by atoms with Crippen LogP contribution in [0.2, 0.25) is 0 Å². The second-order valence-electron chi connectivity index (χ2n) is 5.24. The number of esters is 1. The first-order valence-corrected chi connectivity index (χ1v) is 8.50. The van der Waals surface area contributed by atoms with Crippen molar-refractivity contribution < 1.29 is 13.9 Å². The molecule has 0 amide bonds. The average molecular weight is 357 g/mol. The van der Waals surface area contributed by atoms with Gasteiger partial charge in [0.15, 0.2) is 11.0 Å². The number of para-hydroxylation sites is 1. The SMILES string of the molecule is COC(=O)[C@H](C)Sc1nnc(-c2ccccc2F)n1-c1ccccc1. The van der Waals surface area contributed by atoms with Crippen LogP contribution in [0.15, 0.2) is 59.8 Å². The van der Waals surface area contributed by atoms with E-state index in [1.165, 1.54) is 24.9 Å². The second kappa shape index (κ2) is 7.48. The summed E-state index contributed by atoms with van der Waals surface area (Å²) >= 11 is 1.21. The molecule has 0 saturated heterocycles. The third-order valence-corrected chi connectivity index (χ3v) is 4.60. The van der Waals surface area contributed by atoms with Gasteiger partial charge in [-0.2, -0.15) is 0 Å². The van der Waals surface area contributed by atoms with E-state index in [0.717, 1.165) is 5.69 Å². The van der Waals surface area contributed by atoms with Crippen LogP contribution in [0.1, 0.15) is 6.92 Å². The highest BCUT2D eigenvalue weighted by molar-refractivity contribution is 8.00. The molecule has 0 aliphatic rings. The Balaban J connectivity index is 2.11. The summed E-state index contributed by atoms with van der Waals surface area (Å²) in [6.45, 7) is 1.73. The summed E-state index contributed by atoms with van der Waals surface area (Å²) in [5.74, 6) is -0.367. The number of benzene rings is 2. The van der Waals surface area contributed by atoms with Gasteiger partial charge >= 0.3 is 5.97 Å². The zero-order chi connectivity index (χ0) is 17.8. The maximum absolute atomic E-state index is 14.3. The molecule has 0 aliphatic carbocycles. The summed E-state index contributed by atoms with van der Waals surface area (Å²) in [6, 6.07) is 15.8. The molecule has 0 radical (unpaired) electrons. The standard InChI is InChI=1S/C18H16FN3O2S/c1-12(17(23)24-2)25-18-21-20-16(14-10-6-7-11-15(14)19)22(18)13-8-4-3-5-9-13/h3-12H,1-2H3/t12-/m0/s1. The number of methoxy groups -OCH3 is 1. The lowest BCUT2D eigenvalue weighted by Gasteiger charge is -2.12. The first kappa shape index (κ1) is 17.2. The molecule has 7 heteroatoms. The number of rotatable bonds is 5. The lowest BCUT2D eigenvalue weighted by atomic mass is 10.2. The van der Waals surface area contributed by atoms with E-state index in [-0.39, 0.29) is 11.8 Å². The Labute approximate surface area is 148 Å². The van der Waals surface area contributed by atoms with E-state index in [4.69, 9.17) is 4.74 Å². The number of hydrogen-bond acceptors (Lipinski definition) is 5. The van der Waals surface area contributed by atoms with Gasteiger partial charge in [-0.1, -0.05) is 42.1 Å². The zero-order valence-electron chi connectivity index (χ0n) is 13.7. The normalized spacial score (nSPS) is 12.0. The van der Waals surface area contributed by atoms with Crippen molar-refractivity contribution in [2.75, 3.05) is 7.11 Å². The van der Waals surface area contributed by atoms with Gasteiger partial charge in [0, 0.05) is 5.69 Å². The Morgan fingerprint density at radius 2 is 1.80 bits per heavy atom. The number of aromatic nitrogens is 3. The summed E-state index contributed by atoms with van der Waals surface area (Å²) in [7, 11) is 1.34. The fourth-order valence-electron chi connectivity index (χ4n) is 2.35. The second-order valence-corrected chi connectivity index (χ2v) is 6.55. The third-order valence-electron chi connectivity index (χ3n) is 3.58. The van der Waals surface area contributed by atoms with Crippen LogP contribution in [-0.4, -0.2) is 33.1 Å². The predicted octanol–water partition coefficient (Wildman–Crippen LogP) is 3.73. The Hall–Kier alpha value is -2.67. The summed E-state index contributed by atoms with van der Waals surface area (Å²) in [6.07, 6.45) is 0. The fraction of sp³-hybridized carbons (Fsp3) is 0.167. The monoisotopic (exact) mass is 357 g/mol. The molecule has 128 valence electrons. The quantitative estimate of drug-likeness (QED) is 0.514. The average Bonchev–Trinajstić information content (AvgIpc) is 3.05. The minimum absolute atomic E-state index is 0.344. The summed E-state index contributed by atoms with van der Waals surface area (Å²) in [5, 5.41) is 8.35. The van der Waals surface area contributed by atoms with Crippen molar-refractivity contribution in [3.63, 3.8) is 0 Å². The zero-order valence-corrected chi connectivity index (χ0v) is 14.5. The van der Waals surface area contributed by atoms with Gasteiger partial charge in [0.2, 0.25) is 0 Å². The molecule has 2 aromatic carbocycles. The summed E-state index contributed by atoms with van der Waals surface area (Å²) in [5.41, 5.74) is 1.13. The molecule has 1 atom stereocenters. The van der Waals surface area contributed by atoms with Crippen LogP contribution < -0.4 is 0 Å². The molecule has 0 aliphatic heterocycles. The third kappa shape index (κ3) is 3.56. The largest absolute Gasteiger partial charge is 0.468 e. The van der Waals surface area contributed by atoms with Crippen LogP contribution in [0.4, 0.5) is 4.39 Å². The highest BCUT2D eigenvalue weighted by atomic mass is 32.2. The van der Waals surface area contributed by atoms with Gasteiger partial charge in [-0.15, -0.1) is 10.2 Å². The first-order chi connectivity index (χ1) is 12.1. The molecule has 0 fully saturated rings. The number of carbonyl (C=O) groups is 1. The summed E-state index contributed by atoms with van der Waals surface area (Å²) < 4.78 is 20.8. The van der Waals surface area contributed by atoms with Crippen LogP contribution in [0, 0.1) is 5.82 Å². The number of ether oxygens (including phenoxy) is 1. The molecule has 25 heavy (non-hydrogen) atoms. The molecule has 0 unspecified atom stereocenters. The molecule has 0 saturated carbocycles. The number of nitrogens with zero attached hydrogens (tertiary/aromatic N) is 3. The van der Waals surface area contributed by atoms with E-state index in [1.54, 1.807) is 29.7 Å². The van der Waals surface area contributed by atoms with E-state index in [2.05, 4.69) is 10.2 Å². The van der Waals surface area contributed by atoms with Crippen molar-refractivity contribution in [1.29, 1.82) is 0 Å². The van der Waals surface area contributed by atoms with E-state index < -0.39 is 5.25 Å². The van der Waals surface area contributed by atoms with Crippen molar-refractivity contribution in [1.82, 2.24) is 14.8 Å². The predicted molar refractivity (Wildman–Crippen MR) is 94.1 cm³/mol. The van der Waals surface area contributed by atoms with Crippen LogP contribution in [0.25, 0.3) is 17.1 Å². The van der Waals surface area contributed by atoms with Crippen LogP contribution in [0.5, 0.6) is 0 Å². The van der Waals surface area contributed by atoms with Crippen molar-refractivity contribution in [3.8, 4) is 17.1 Å². The van der Waals surface area contributed by atoms with Gasteiger partial charge in [0.1, 0.15) is 11.1 Å². The first-order valence-electron chi connectivity index (χ1n) is 7.62. The van der Waals surface area contributed by atoms with E-state index in [9.17, 15) is 9.18 Å². The van der Waals surface area contributed by atoms with Gasteiger partial charge in [0.25, 0.3) is 0 Å². The molecule has 1 aromatic heterocycles. The minimum atomic E-state index is -0.467. The highest BCUT2D eigenvalue weighted by Gasteiger charge is 2.23. The van der Waals surface area contributed by atoms with Gasteiger partial charge in [0.05, 0.1) is 12.7 Å². The van der Waals surface area contributed by atoms with Crippen molar-refractivity contribution in [3.05, 3.63) is 60.4 Å². The van der Waals surface area contributed by atoms with Crippen molar-refractivity contribution in [2.24, 2.45) is 0 Å². The Morgan fingerprint density at radius 3 is 2.48 bits per heavy atom. The Kier molecular flexibility index (Phi) is 5.14. The topological polar surface area (TPSA) is 57.0 Å². The lowest BCUT2D eigenvalue weighted by Crippen LogP contribution is -2.15. The van der Waals surface area contributed by atoms with Crippen molar-refractivity contribution in [2.45, 2.75) is 17.3 Å². The number of halogens is 1.